The third-order valence-corrected chi connectivity index (χ3v) is 8.32. The summed E-state index contributed by atoms with van der Waals surface area (Å²) in [4.78, 5) is 14.8. The van der Waals surface area contributed by atoms with E-state index in [2.05, 4.69) is 9.97 Å². The molecule has 3 heterocycles. The lowest BCUT2D eigenvalue weighted by Crippen LogP contribution is -2.06. The van der Waals surface area contributed by atoms with Crippen molar-refractivity contribution < 1.29 is 8.42 Å². The first kappa shape index (κ1) is 21.1. The van der Waals surface area contributed by atoms with Crippen LogP contribution in [0.1, 0.15) is 27.0 Å². The molecule has 4 aromatic rings. The summed E-state index contributed by atoms with van der Waals surface area (Å²) in [5.41, 5.74) is 3.38. The summed E-state index contributed by atoms with van der Waals surface area (Å²) in [6.45, 7) is 3.98. The fourth-order valence-electron chi connectivity index (χ4n) is 3.00. The Morgan fingerprint density at radius 2 is 1.80 bits per heavy atom. The van der Waals surface area contributed by atoms with E-state index >= 15 is 0 Å². The van der Waals surface area contributed by atoms with E-state index in [1.807, 2.05) is 19.2 Å². The van der Waals surface area contributed by atoms with Crippen molar-refractivity contribution in [3.8, 4) is 10.6 Å². The van der Waals surface area contributed by atoms with E-state index in [4.69, 9.17) is 16.6 Å². The molecule has 4 rings (SSSR count). The summed E-state index contributed by atoms with van der Waals surface area (Å²) in [6, 6.07) is 10.2. The van der Waals surface area contributed by atoms with Gasteiger partial charge in [-0.2, -0.15) is 0 Å². The van der Waals surface area contributed by atoms with Crippen LogP contribution in [-0.2, 0) is 22.0 Å². The highest BCUT2D eigenvalue weighted by molar-refractivity contribution is 7.90. The molecule has 0 atom stereocenters. The highest BCUT2D eigenvalue weighted by Crippen LogP contribution is 2.31. The van der Waals surface area contributed by atoms with Gasteiger partial charge in [-0.15, -0.1) is 22.7 Å². The summed E-state index contributed by atoms with van der Waals surface area (Å²) < 4.78 is 25.3. The van der Waals surface area contributed by atoms with Crippen LogP contribution in [0.4, 0.5) is 0 Å². The zero-order chi connectivity index (χ0) is 21.3. The number of pyridine rings is 1. The zero-order valence-electron chi connectivity index (χ0n) is 16.3. The average Bonchev–Trinajstić information content (AvgIpc) is 3.29. The molecule has 0 bridgehead atoms. The van der Waals surface area contributed by atoms with E-state index < -0.39 is 9.84 Å². The Kier molecular flexibility index (Phi) is 6.02. The lowest BCUT2D eigenvalue weighted by molar-refractivity contribution is 0.595. The quantitative estimate of drug-likeness (QED) is 0.368. The number of halogens is 1. The van der Waals surface area contributed by atoms with Crippen molar-refractivity contribution >= 4 is 44.1 Å². The minimum atomic E-state index is -3.47. The maximum atomic E-state index is 12.7. The van der Waals surface area contributed by atoms with Gasteiger partial charge in [-0.3, -0.25) is 4.98 Å². The van der Waals surface area contributed by atoms with Crippen LogP contribution in [0.5, 0.6) is 0 Å². The fraction of sp³-hybridized carbons (Fsp3) is 0.190. The molecule has 0 aliphatic carbocycles. The Labute approximate surface area is 188 Å². The van der Waals surface area contributed by atoms with Gasteiger partial charge in [0.15, 0.2) is 9.84 Å². The van der Waals surface area contributed by atoms with Crippen LogP contribution in [0, 0.1) is 13.8 Å². The van der Waals surface area contributed by atoms with Crippen molar-refractivity contribution in [3.05, 3.63) is 80.0 Å². The Morgan fingerprint density at radius 1 is 1.03 bits per heavy atom. The largest absolute Gasteiger partial charge is 0.260 e. The van der Waals surface area contributed by atoms with Gasteiger partial charge in [0.05, 0.1) is 36.9 Å². The molecule has 0 N–H and O–H groups in total. The van der Waals surface area contributed by atoms with Crippen molar-refractivity contribution in [2.75, 3.05) is 0 Å². The zero-order valence-corrected chi connectivity index (χ0v) is 19.5. The maximum absolute atomic E-state index is 12.7. The molecule has 0 spiro atoms. The van der Waals surface area contributed by atoms with E-state index in [-0.39, 0.29) is 10.6 Å². The number of hydrogen-bond donors (Lipinski definition) is 0. The number of benzene rings is 1. The van der Waals surface area contributed by atoms with E-state index in [9.17, 15) is 8.42 Å². The van der Waals surface area contributed by atoms with Crippen LogP contribution >= 0.6 is 34.3 Å². The van der Waals surface area contributed by atoms with Crippen molar-refractivity contribution in [1.29, 1.82) is 0 Å². The van der Waals surface area contributed by atoms with Crippen molar-refractivity contribution in [2.45, 2.75) is 30.9 Å². The number of sulfone groups is 1. The number of thiazole rings is 2. The molecule has 0 radical (unpaired) electrons. The predicted octanol–water partition coefficient (Wildman–Crippen LogP) is 5.50. The standard InChI is InChI=1S/C21H18ClN3O2S3/c1-13-21(29-14(2)24-13)19-11-28-20(25-19)9-17-7-8-18(10-23-17)30(26,27)12-15-3-5-16(22)6-4-15/h3-8,10-11H,9,12H2,1-2H3. The van der Waals surface area contributed by atoms with Crippen LogP contribution in [0.3, 0.4) is 0 Å². The highest BCUT2D eigenvalue weighted by Gasteiger charge is 2.17. The first-order valence-corrected chi connectivity index (χ1v) is 12.8. The summed E-state index contributed by atoms with van der Waals surface area (Å²) in [6.07, 6.45) is 1.98. The molecule has 9 heteroatoms. The Balaban J connectivity index is 1.47. The molecule has 0 amide bonds. The molecule has 0 aliphatic rings. The summed E-state index contributed by atoms with van der Waals surface area (Å²) in [7, 11) is -3.47. The Hall–Kier alpha value is -2.13. The van der Waals surface area contributed by atoms with Gasteiger partial charge >= 0.3 is 0 Å². The second-order valence-corrected chi connectivity index (χ2v) is 11.4. The number of rotatable bonds is 6. The summed E-state index contributed by atoms with van der Waals surface area (Å²) in [5, 5.41) is 4.56. The molecule has 30 heavy (non-hydrogen) atoms. The van der Waals surface area contributed by atoms with Crippen molar-refractivity contribution in [1.82, 2.24) is 15.0 Å². The van der Waals surface area contributed by atoms with Gasteiger partial charge in [-0.05, 0) is 43.7 Å². The van der Waals surface area contributed by atoms with Gasteiger partial charge in [0.25, 0.3) is 0 Å². The normalized spacial score (nSPS) is 11.7. The first-order chi connectivity index (χ1) is 14.3. The summed E-state index contributed by atoms with van der Waals surface area (Å²) in [5.74, 6) is -0.0886. The Bertz CT molecular complexity index is 1280. The maximum Gasteiger partial charge on any atom is 0.184 e. The minimum Gasteiger partial charge on any atom is -0.260 e. The third kappa shape index (κ3) is 4.78. The van der Waals surface area contributed by atoms with E-state index in [0.717, 1.165) is 32.0 Å². The van der Waals surface area contributed by atoms with Crippen LogP contribution in [0.15, 0.2) is 52.9 Å². The van der Waals surface area contributed by atoms with Crippen LogP contribution in [-0.4, -0.2) is 23.4 Å². The second-order valence-electron chi connectivity index (χ2n) is 6.82. The molecule has 3 aromatic heterocycles. The molecule has 5 nitrogen and oxygen atoms in total. The number of nitrogens with zero attached hydrogens (tertiary/aromatic N) is 3. The predicted molar refractivity (Wildman–Crippen MR) is 122 cm³/mol. The molecule has 1 aromatic carbocycles. The number of hydrogen-bond acceptors (Lipinski definition) is 7. The molecule has 154 valence electrons. The smallest absolute Gasteiger partial charge is 0.184 e. The minimum absolute atomic E-state index is 0.0886. The SMILES string of the molecule is Cc1nc(C)c(-c2csc(Cc3ccc(S(=O)(=O)Cc4ccc(Cl)cc4)cn3)n2)s1. The molecule has 0 unspecified atom stereocenters. The van der Waals surface area contributed by atoms with E-state index in [1.165, 1.54) is 6.20 Å². The molecule has 0 saturated carbocycles. The van der Waals surface area contributed by atoms with Crippen molar-refractivity contribution in [2.24, 2.45) is 0 Å². The van der Waals surface area contributed by atoms with E-state index in [1.54, 1.807) is 59.1 Å². The van der Waals surface area contributed by atoms with Gasteiger partial charge in [0.2, 0.25) is 0 Å². The number of aryl methyl sites for hydroxylation is 2. The molecule has 0 aliphatic heterocycles. The second kappa shape index (κ2) is 8.55. The third-order valence-electron chi connectivity index (χ3n) is 4.45. The first-order valence-electron chi connectivity index (χ1n) is 9.11. The van der Waals surface area contributed by atoms with E-state index in [0.29, 0.717) is 17.0 Å². The van der Waals surface area contributed by atoms with Crippen molar-refractivity contribution in [3.63, 3.8) is 0 Å². The lowest BCUT2D eigenvalue weighted by atomic mass is 10.2. The fourth-order valence-corrected chi connectivity index (χ4v) is 6.17. The molecule has 0 saturated heterocycles. The van der Waals surface area contributed by atoms with Crippen LogP contribution in [0.2, 0.25) is 5.02 Å². The molecule has 0 fully saturated rings. The van der Waals surface area contributed by atoms with Crippen LogP contribution < -0.4 is 0 Å². The monoisotopic (exact) mass is 475 g/mol. The number of aromatic nitrogens is 3. The molecular formula is C21H18ClN3O2S3. The topological polar surface area (TPSA) is 72.8 Å². The van der Waals surface area contributed by atoms with Gasteiger partial charge in [0.1, 0.15) is 0 Å². The van der Waals surface area contributed by atoms with Crippen LogP contribution in [0.25, 0.3) is 10.6 Å². The van der Waals surface area contributed by atoms with Gasteiger partial charge in [-0.1, -0.05) is 23.7 Å². The lowest BCUT2D eigenvalue weighted by Gasteiger charge is -2.06. The highest BCUT2D eigenvalue weighted by atomic mass is 35.5. The van der Waals surface area contributed by atoms with Gasteiger partial charge in [-0.25, -0.2) is 18.4 Å². The summed E-state index contributed by atoms with van der Waals surface area (Å²) >= 11 is 9.07. The average molecular weight is 476 g/mol. The van der Waals surface area contributed by atoms with Gasteiger partial charge in [0, 0.05) is 28.7 Å². The Morgan fingerprint density at radius 3 is 2.43 bits per heavy atom. The van der Waals surface area contributed by atoms with Gasteiger partial charge < -0.3 is 0 Å². The molecular weight excluding hydrogens is 458 g/mol.